The van der Waals surface area contributed by atoms with Crippen LogP contribution in [-0.2, 0) is 27.9 Å². The van der Waals surface area contributed by atoms with E-state index in [4.69, 9.17) is 0 Å². The van der Waals surface area contributed by atoms with Gasteiger partial charge in [-0.2, -0.15) is 0 Å². The monoisotopic (exact) mass is 367 g/mol. The van der Waals surface area contributed by atoms with E-state index in [0.717, 1.165) is 27.5 Å². The van der Waals surface area contributed by atoms with Gasteiger partial charge in [-0.25, -0.2) is 13.1 Å². The zero-order valence-corrected chi connectivity index (χ0v) is 15.5. The highest BCUT2D eigenvalue weighted by molar-refractivity contribution is 7.91. The fourth-order valence-corrected chi connectivity index (χ4v) is 4.33. The molecule has 0 aliphatic rings. The Morgan fingerprint density at radius 2 is 1.75 bits per heavy atom. The molecule has 0 fully saturated rings. The third-order valence-electron chi connectivity index (χ3n) is 3.33. The van der Waals surface area contributed by atoms with Crippen molar-refractivity contribution >= 4 is 33.0 Å². The van der Waals surface area contributed by atoms with Crippen molar-refractivity contribution in [1.29, 1.82) is 0 Å². The first-order valence-corrected chi connectivity index (χ1v) is 9.67. The van der Waals surface area contributed by atoms with Crippen LogP contribution in [0.4, 0.5) is 5.69 Å². The van der Waals surface area contributed by atoms with E-state index < -0.39 is 10.0 Å². The van der Waals surface area contributed by atoms with E-state index in [2.05, 4.69) is 10.0 Å². The van der Waals surface area contributed by atoms with Crippen molar-refractivity contribution in [3.05, 3.63) is 46.8 Å². The number of nitrogens with one attached hydrogen (secondary N) is 2. The maximum atomic E-state index is 12.3. The van der Waals surface area contributed by atoms with Crippen LogP contribution in [0.3, 0.4) is 0 Å². The van der Waals surface area contributed by atoms with Crippen LogP contribution in [0.2, 0.25) is 0 Å². The SMILES string of the molecule is CC(=O)NCc1ccc(S(=O)(=O)NCc2ccc(N(C)C)cc2)s1. The largest absolute Gasteiger partial charge is 0.378 e. The molecule has 0 atom stereocenters. The quantitative estimate of drug-likeness (QED) is 0.784. The summed E-state index contributed by atoms with van der Waals surface area (Å²) in [5.41, 5.74) is 1.95. The van der Waals surface area contributed by atoms with Gasteiger partial charge in [0.1, 0.15) is 4.21 Å². The van der Waals surface area contributed by atoms with Crippen molar-refractivity contribution in [2.24, 2.45) is 0 Å². The first-order chi connectivity index (χ1) is 11.3. The third-order valence-corrected chi connectivity index (χ3v) is 6.31. The molecule has 0 unspecified atom stereocenters. The van der Waals surface area contributed by atoms with E-state index >= 15 is 0 Å². The van der Waals surface area contributed by atoms with Crippen molar-refractivity contribution in [2.75, 3.05) is 19.0 Å². The summed E-state index contributed by atoms with van der Waals surface area (Å²) in [5, 5.41) is 2.65. The fraction of sp³-hybridized carbons (Fsp3) is 0.312. The van der Waals surface area contributed by atoms with Crippen LogP contribution in [0.25, 0.3) is 0 Å². The van der Waals surface area contributed by atoms with Crippen LogP contribution in [0.15, 0.2) is 40.6 Å². The van der Waals surface area contributed by atoms with Gasteiger partial charge < -0.3 is 10.2 Å². The van der Waals surface area contributed by atoms with Gasteiger partial charge >= 0.3 is 0 Å². The zero-order valence-electron chi connectivity index (χ0n) is 13.9. The Kier molecular flexibility index (Phi) is 5.98. The summed E-state index contributed by atoms with van der Waals surface area (Å²) in [4.78, 5) is 13.7. The van der Waals surface area contributed by atoms with Crippen molar-refractivity contribution in [2.45, 2.75) is 24.2 Å². The highest BCUT2D eigenvalue weighted by Crippen LogP contribution is 2.22. The van der Waals surface area contributed by atoms with Crippen LogP contribution >= 0.6 is 11.3 Å². The van der Waals surface area contributed by atoms with Gasteiger partial charge in [-0.15, -0.1) is 11.3 Å². The average molecular weight is 367 g/mol. The first-order valence-electron chi connectivity index (χ1n) is 7.37. The van der Waals surface area contributed by atoms with Crippen molar-refractivity contribution in [1.82, 2.24) is 10.0 Å². The number of carbonyl (C=O) groups excluding carboxylic acids is 1. The Bertz CT molecular complexity index is 796. The predicted molar refractivity (Wildman–Crippen MR) is 96.6 cm³/mol. The zero-order chi connectivity index (χ0) is 17.7. The van der Waals surface area contributed by atoms with Gasteiger partial charge in [0.2, 0.25) is 15.9 Å². The predicted octanol–water partition coefficient (Wildman–Crippen LogP) is 1.93. The maximum Gasteiger partial charge on any atom is 0.250 e. The Morgan fingerprint density at radius 3 is 2.33 bits per heavy atom. The van der Waals surface area contributed by atoms with Gasteiger partial charge in [0.25, 0.3) is 0 Å². The lowest BCUT2D eigenvalue weighted by Crippen LogP contribution is -2.22. The fourth-order valence-electron chi connectivity index (χ4n) is 1.97. The van der Waals surface area contributed by atoms with Gasteiger partial charge in [-0.05, 0) is 29.8 Å². The molecule has 130 valence electrons. The number of thiophene rings is 1. The summed E-state index contributed by atoms with van der Waals surface area (Å²) in [7, 11) is 0.346. The molecule has 2 aromatic rings. The highest BCUT2D eigenvalue weighted by atomic mass is 32.2. The topological polar surface area (TPSA) is 78.5 Å². The van der Waals surface area contributed by atoms with E-state index in [1.165, 1.54) is 6.92 Å². The average Bonchev–Trinajstić information content (AvgIpc) is 3.01. The van der Waals surface area contributed by atoms with Crippen LogP contribution in [0.5, 0.6) is 0 Å². The lowest BCUT2D eigenvalue weighted by atomic mass is 10.2. The number of rotatable bonds is 7. The van der Waals surface area contributed by atoms with Crippen LogP contribution < -0.4 is 14.9 Å². The second-order valence-electron chi connectivity index (χ2n) is 5.52. The smallest absolute Gasteiger partial charge is 0.250 e. The molecule has 0 radical (unpaired) electrons. The standard InChI is InChI=1S/C16H21N3O3S2/c1-12(20)17-11-15-8-9-16(23-15)24(21,22)18-10-13-4-6-14(7-5-13)19(2)3/h4-9,18H,10-11H2,1-3H3,(H,17,20). The molecule has 2 N–H and O–H groups in total. The van der Waals surface area contributed by atoms with Crippen LogP contribution in [-0.4, -0.2) is 28.4 Å². The minimum atomic E-state index is -3.56. The molecule has 8 heteroatoms. The molecule has 24 heavy (non-hydrogen) atoms. The van der Waals surface area contributed by atoms with Gasteiger partial charge in [-0.1, -0.05) is 12.1 Å². The first kappa shape index (κ1) is 18.4. The molecule has 0 bridgehead atoms. The summed E-state index contributed by atoms with van der Waals surface area (Å²) in [5.74, 6) is -0.146. The number of hydrogen-bond donors (Lipinski definition) is 2. The van der Waals surface area contributed by atoms with Crippen molar-refractivity contribution < 1.29 is 13.2 Å². The summed E-state index contributed by atoms with van der Waals surface area (Å²) >= 11 is 1.15. The molecule has 0 aliphatic carbocycles. The minimum Gasteiger partial charge on any atom is -0.378 e. The Balaban J connectivity index is 1.99. The van der Waals surface area contributed by atoms with Gasteiger partial charge in [0.05, 0.1) is 6.54 Å². The number of sulfonamides is 1. The molecule has 6 nitrogen and oxygen atoms in total. The number of hydrogen-bond acceptors (Lipinski definition) is 5. The van der Waals surface area contributed by atoms with Crippen LogP contribution in [0, 0.1) is 0 Å². The van der Waals surface area contributed by atoms with E-state index in [9.17, 15) is 13.2 Å². The number of carbonyl (C=O) groups is 1. The molecule has 0 spiro atoms. The molecule has 1 heterocycles. The van der Waals surface area contributed by atoms with E-state index in [-0.39, 0.29) is 16.7 Å². The van der Waals surface area contributed by atoms with Crippen molar-refractivity contribution in [3.63, 3.8) is 0 Å². The number of amides is 1. The molecule has 1 amide bonds. The summed E-state index contributed by atoms with van der Waals surface area (Å²) in [6, 6.07) is 10.9. The van der Waals surface area contributed by atoms with Crippen LogP contribution in [0.1, 0.15) is 17.4 Å². The van der Waals surface area contributed by atoms with Gasteiger partial charge in [0, 0.05) is 38.1 Å². The van der Waals surface area contributed by atoms with Crippen molar-refractivity contribution in [3.8, 4) is 0 Å². The molecule has 1 aromatic heterocycles. The Labute approximate surface area is 146 Å². The number of benzene rings is 1. The second-order valence-corrected chi connectivity index (χ2v) is 8.68. The molecule has 0 aliphatic heterocycles. The Hall–Kier alpha value is -1.90. The third kappa shape index (κ3) is 5.05. The summed E-state index contributed by atoms with van der Waals surface area (Å²) in [6.45, 7) is 1.99. The number of nitrogens with zero attached hydrogens (tertiary/aromatic N) is 1. The number of anilines is 1. The lowest BCUT2D eigenvalue weighted by molar-refractivity contribution is -0.119. The molecular weight excluding hydrogens is 346 g/mol. The molecule has 0 saturated heterocycles. The van der Waals surface area contributed by atoms with Gasteiger partial charge in [0.15, 0.2) is 0 Å². The maximum absolute atomic E-state index is 12.3. The second kappa shape index (κ2) is 7.78. The summed E-state index contributed by atoms with van der Waals surface area (Å²) in [6.07, 6.45) is 0. The van der Waals surface area contributed by atoms with E-state index in [0.29, 0.717) is 6.54 Å². The molecule has 2 rings (SSSR count). The molecular formula is C16H21N3O3S2. The lowest BCUT2D eigenvalue weighted by Gasteiger charge is -2.12. The van der Waals surface area contributed by atoms with Gasteiger partial charge in [-0.3, -0.25) is 4.79 Å². The van der Waals surface area contributed by atoms with E-state index in [1.54, 1.807) is 12.1 Å². The molecule has 1 aromatic carbocycles. The molecule has 0 saturated carbocycles. The normalized spacial score (nSPS) is 11.3. The Morgan fingerprint density at radius 1 is 1.08 bits per heavy atom. The minimum absolute atomic E-state index is 0.146. The van der Waals surface area contributed by atoms with E-state index in [1.807, 2.05) is 43.3 Å². The highest BCUT2D eigenvalue weighted by Gasteiger charge is 2.16. The summed E-state index contributed by atoms with van der Waals surface area (Å²) < 4.78 is 27.5.